The number of hydrogen-bond donors (Lipinski definition) is 3. The van der Waals surface area contributed by atoms with Crippen molar-refractivity contribution in [3.8, 4) is 0 Å². The number of nitrogens with one attached hydrogen (secondary N) is 3. The minimum atomic E-state index is -0.413. The maximum absolute atomic E-state index is 13.1. The molecule has 0 spiro atoms. The average Bonchev–Trinajstić information content (AvgIpc) is 2.98. The van der Waals surface area contributed by atoms with Gasteiger partial charge in [0.25, 0.3) is 11.8 Å². The van der Waals surface area contributed by atoms with Crippen molar-refractivity contribution < 1.29 is 14.0 Å². The highest BCUT2D eigenvalue weighted by Gasteiger charge is 2.20. The molecule has 0 saturated heterocycles. The number of amides is 2. The molecule has 26 heavy (non-hydrogen) atoms. The standard InChI is InChI=1S/C20H20FN3O2/c1-3-10-22-20(26)18-17(15-11-12(2)4-9-16(15)23-18)24-19(25)13-5-7-14(21)8-6-13/h4-9,11,23H,3,10H2,1-2H3,(H,22,26)(H,24,25). The summed E-state index contributed by atoms with van der Waals surface area (Å²) in [7, 11) is 0. The van der Waals surface area contributed by atoms with Gasteiger partial charge in [0, 0.05) is 23.0 Å². The minimum absolute atomic E-state index is 0.282. The van der Waals surface area contributed by atoms with E-state index in [2.05, 4.69) is 15.6 Å². The van der Waals surface area contributed by atoms with Crippen molar-refractivity contribution in [1.29, 1.82) is 0 Å². The van der Waals surface area contributed by atoms with Crippen molar-refractivity contribution in [3.05, 3.63) is 65.1 Å². The fraction of sp³-hybridized carbons (Fsp3) is 0.200. The maximum atomic E-state index is 13.1. The Kier molecular flexibility index (Phi) is 5.02. The van der Waals surface area contributed by atoms with Crippen molar-refractivity contribution in [2.45, 2.75) is 20.3 Å². The zero-order valence-corrected chi connectivity index (χ0v) is 14.7. The number of carbonyl (C=O) groups excluding carboxylic acids is 2. The summed E-state index contributed by atoms with van der Waals surface area (Å²) in [5.74, 6) is -1.10. The molecule has 1 heterocycles. The summed E-state index contributed by atoms with van der Waals surface area (Å²) in [6.07, 6.45) is 0.808. The van der Waals surface area contributed by atoms with Crippen LogP contribution in [0.5, 0.6) is 0 Å². The van der Waals surface area contributed by atoms with Crippen LogP contribution in [-0.4, -0.2) is 23.3 Å². The fourth-order valence-electron chi connectivity index (χ4n) is 2.72. The van der Waals surface area contributed by atoms with Gasteiger partial charge in [-0.2, -0.15) is 0 Å². The third kappa shape index (κ3) is 3.59. The van der Waals surface area contributed by atoms with Crippen LogP contribution in [0.1, 0.15) is 39.8 Å². The Balaban J connectivity index is 2.01. The van der Waals surface area contributed by atoms with Crippen LogP contribution in [0.25, 0.3) is 10.9 Å². The number of anilines is 1. The lowest BCUT2D eigenvalue weighted by molar-refractivity contribution is 0.0950. The number of aromatic nitrogens is 1. The van der Waals surface area contributed by atoms with Crippen molar-refractivity contribution in [3.63, 3.8) is 0 Å². The minimum Gasteiger partial charge on any atom is -0.351 e. The number of carbonyl (C=O) groups is 2. The van der Waals surface area contributed by atoms with E-state index < -0.39 is 11.7 Å². The van der Waals surface area contributed by atoms with Crippen molar-refractivity contribution in [1.82, 2.24) is 10.3 Å². The predicted molar refractivity (Wildman–Crippen MR) is 100 cm³/mol. The molecule has 0 aliphatic rings. The van der Waals surface area contributed by atoms with Crippen LogP contribution in [0, 0.1) is 12.7 Å². The van der Waals surface area contributed by atoms with Crippen molar-refractivity contribution >= 4 is 28.4 Å². The lowest BCUT2D eigenvalue weighted by Gasteiger charge is -2.08. The lowest BCUT2D eigenvalue weighted by atomic mass is 10.1. The van der Waals surface area contributed by atoms with Gasteiger partial charge in [-0.25, -0.2) is 4.39 Å². The molecule has 0 saturated carbocycles. The van der Waals surface area contributed by atoms with Crippen LogP contribution in [0.15, 0.2) is 42.5 Å². The van der Waals surface area contributed by atoms with E-state index in [1.807, 2.05) is 32.0 Å². The van der Waals surface area contributed by atoms with Gasteiger partial charge in [-0.1, -0.05) is 18.6 Å². The Morgan fingerprint density at radius 2 is 1.81 bits per heavy atom. The largest absolute Gasteiger partial charge is 0.351 e. The van der Waals surface area contributed by atoms with E-state index in [4.69, 9.17) is 0 Å². The molecular weight excluding hydrogens is 333 g/mol. The molecule has 5 nitrogen and oxygen atoms in total. The summed E-state index contributed by atoms with van der Waals surface area (Å²) in [5.41, 5.74) is 2.80. The molecular formula is C20H20FN3O2. The van der Waals surface area contributed by atoms with E-state index in [1.165, 1.54) is 24.3 Å². The third-order valence-electron chi connectivity index (χ3n) is 4.06. The number of benzene rings is 2. The summed E-state index contributed by atoms with van der Waals surface area (Å²) < 4.78 is 13.1. The highest BCUT2D eigenvalue weighted by molar-refractivity contribution is 6.15. The SMILES string of the molecule is CCCNC(=O)c1[nH]c2ccc(C)cc2c1NC(=O)c1ccc(F)cc1. The van der Waals surface area contributed by atoms with Gasteiger partial charge in [-0.05, 0) is 49.7 Å². The second-order valence-corrected chi connectivity index (χ2v) is 6.14. The molecule has 3 aromatic rings. The van der Waals surface area contributed by atoms with Crippen LogP contribution in [-0.2, 0) is 0 Å². The fourth-order valence-corrected chi connectivity index (χ4v) is 2.72. The molecule has 1 aromatic heterocycles. The summed E-state index contributed by atoms with van der Waals surface area (Å²) in [6, 6.07) is 11.0. The summed E-state index contributed by atoms with van der Waals surface area (Å²) in [5, 5.41) is 6.37. The van der Waals surface area contributed by atoms with Crippen molar-refractivity contribution in [2.75, 3.05) is 11.9 Å². The Hall–Kier alpha value is -3.15. The van der Waals surface area contributed by atoms with E-state index in [9.17, 15) is 14.0 Å². The van der Waals surface area contributed by atoms with Gasteiger partial charge in [-0.3, -0.25) is 9.59 Å². The number of hydrogen-bond acceptors (Lipinski definition) is 2. The van der Waals surface area contributed by atoms with Crippen LogP contribution in [0.2, 0.25) is 0 Å². The van der Waals surface area contributed by atoms with E-state index in [0.29, 0.717) is 23.5 Å². The molecule has 6 heteroatoms. The van der Waals surface area contributed by atoms with Gasteiger partial charge in [0.1, 0.15) is 11.5 Å². The maximum Gasteiger partial charge on any atom is 0.269 e. The smallest absolute Gasteiger partial charge is 0.269 e. The molecule has 2 amide bonds. The van der Waals surface area contributed by atoms with Crippen LogP contribution < -0.4 is 10.6 Å². The molecule has 0 unspecified atom stereocenters. The Morgan fingerprint density at radius 3 is 2.50 bits per heavy atom. The summed E-state index contributed by atoms with van der Waals surface area (Å²) in [6.45, 7) is 4.44. The lowest BCUT2D eigenvalue weighted by Crippen LogP contribution is -2.26. The number of aromatic amines is 1. The molecule has 0 bridgehead atoms. The van der Waals surface area contributed by atoms with Gasteiger partial charge in [0.2, 0.25) is 0 Å². The number of H-pyrrole nitrogens is 1. The Morgan fingerprint density at radius 1 is 1.08 bits per heavy atom. The van der Waals surface area contributed by atoms with E-state index in [0.717, 1.165) is 22.9 Å². The predicted octanol–water partition coefficient (Wildman–Crippen LogP) is 4.01. The van der Waals surface area contributed by atoms with Gasteiger partial charge in [0.05, 0.1) is 5.69 Å². The quantitative estimate of drug-likeness (QED) is 0.648. The first kappa shape index (κ1) is 17.7. The second-order valence-electron chi connectivity index (χ2n) is 6.14. The first-order valence-corrected chi connectivity index (χ1v) is 8.47. The molecule has 3 rings (SSSR count). The molecule has 2 aromatic carbocycles. The number of halogens is 1. The molecule has 0 radical (unpaired) electrons. The molecule has 0 aliphatic heterocycles. The van der Waals surface area contributed by atoms with Crippen LogP contribution >= 0.6 is 0 Å². The molecule has 0 fully saturated rings. The normalized spacial score (nSPS) is 10.7. The molecule has 0 aliphatic carbocycles. The Labute approximate surface area is 150 Å². The van der Waals surface area contributed by atoms with E-state index >= 15 is 0 Å². The number of aryl methyl sites for hydroxylation is 1. The number of rotatable bonds is 5. The summed E-state index contributed by atoms with van der Waals surface area (Å²) in [4.78, 5) is 28.1. The van der Waals surface area contributed by atoms with Crippen LogP contribution in [0.4, 0.5) is 10.1 Å². The molecule has 3 N–H and O–H groups in total. The first-order chi connectivity index (χ1) is 12.5. The monoisotopic (exact) mass is 353 g/mol. The number of fused-ring (bicyclic) bond motifs is 1. The zero-order valence-electron chi connectivity index (χ0n) is 14.7. The molecule has 0 atom stereocenters. The van der Waals surface area contributed by atoms with Gasteiger partial charge < -0.3 is 15.6 Å². The highest BCUT2D eigenvalue weighted by atomic mass is 19.1. The topological polar surface area (TPSA) is 74.0 Å². The second kappa shape index (κ2) is 7.39. The van der Waals surface area contributed by atoms with Crippen molar-refractivity contribution in [2.24, 2.45) is 0 Å². The van der Waals surface area contributed by atoms with Gasteiger partial charge in [0.15, 0.2) is 0 Å². The van der Waals surface area contributed by atoms with Gasteiger partial charge in [-0.15, -0.1) is 0 Å². The third-order valence-corrected chi connectivity index (χ3v) is 4.06. The molecule has 134 valence electrons. The Bertz CT molecular complexity index is 961. The van der Waals surface area contributed by atoms with Crippen LogP contribution in [0.3, 0.4) is 0 Å². The average molecular weight is 353 g/mol. The van der Waals surface area contributed by atoms with Gasteiger partial charge >= 0.3 is 0 Å². The van der Waals surface area contributed by atoms with E-state index in [-0.39, 0.29) is 5.91 Å². The first-order valence-electron chi connectivity index (χ1n) is 8.47. The summed E-state index contributed by atoms with van der Waals surface area (Å²) >= 11 is 0. The highest BCUT2D eigenvalue weighted by Crippen LogP contribution is 2.29. The van der Waals surface area contributed by atoms with E-state index in [1.54, 1.807) is 0 Å². The zero-order chi connectivity index (χ0) is 18.7.